The van der Waals surface area contributed by atoms with Crippen LogP contribution in [0.2, 0.25) is 0 Å². The summed E-state index contributed by atoms with van der Waals surface area (Å²) in [5.74, 6) is -0.277. The van der Waals surface area contributed by atoms with Gasteiger partial charge in [-0.05, 0) is 42.3 Å². The summed E-state index contributed by atoms with van der Waals surface area (Å²) in [4.78, 5) is 13.1. The van der Waals surface area contributed by atoms with Crippen LogP contribution >= 0.6 is 0 Å². The molecule has 0 aliphatic heterocycles. The van der Waals surface area contributed by atoms with Crippen LogP contribution in [0.4, 0.5) is 10.5 Å². The summed E-state index contributed by atoms with van der Waals surface area (Å²) in [6.07, 6.45) is -1.17. The van der Waals surface area contributed by atoms with E-state index in [1.54, 1.807) is 78.9 Å². The molecule has 3 rings (SSSR count). The lowest BCUT2D eigenvalue weighted by Gasteiger charge is -2.22. The number of hydrogen-bond donors (Lipinski definition) is 3. The van der Waals surface area contributed by atoms with E-state index in [0.29, 0.717) is 26.9 Å². The SMILES string of the molecule is COc1ccc(CN(C(=O)OCc2ccccc2)S(=O)(=O)C(=NNc2ccc(C)cc2)C(N)=NO)cc1. The average molecular weight is 526 g/mol. The van der Waals surface area contributed by atoms with E-state index < -0.39 is 33.5 Å². The molecular formula is C25H27N5O6S. The third-order valence-corrected chi connectivity index (χ3v) is 6.74. The van der Waals surface area contributed by atoms with Crippen molar-refractivity contribution in [1.82, 2.24) is 4.31 Å². The number of amides is 1. The molecular weight excluding hydrogens is 498 g/mol. The molecule has 0 bridgehead atoms. The van der Waals surface area contributed by atoms with Gasteiger partial charge in [-0.3, -0.25) is 5.43 Å². The third-order valence-electron chi connectivity index (χ3n) is 5.09. The van der Waals surface area contributed by atoms with Crippen molar-refractivity contribution in [2.45, 2.75) is 20.1 Å². The molecule has 12 heteroatoms. The van der Waals surface area contributed by atoms with Crippen LogP contribution in [0.25, 0.3) is 0 Å². The quantitative estimate of drug-likeness (QED) is 0.183. The van der Waals surface area contributed by atoms with Gasteiger partial charge >= 0.3 is 6.09 Å². The van der Waals surface area contributed by atoms with Crippen LogP contribution in [0.1, 0.15) is 16.7 Å². The predicted molar refractivity (Wildman–Crippen MR) is 140 cm³/mol. The van der Waals surface area contributed by atoms with E-state index in [2.05, 4.69) is 15.7 Å². The maximum atomic E-state index is 13.6. The molecule has 3 aromatic carbocycles. The van der Waals surface area contributed by atoms with Crippen LogP contribution < -0.4 is 15.9 Å². The van der Waals surface area contributed by atoms with Crippen LogP contribution in [0.5, 0.6) is 5.75 Å². The fourth-order valence-corrected chi connectivity index (χ4v) is 4.32. The largest absolute Gasteiger partial charge is 0.497 e. The van der Waals surface area contributed by atoms with Gasteiger partial charge in [-0.15, -0.1) is 0 Å². The number of nitrogens with one attached hydrogen (secondary N) is 1. The van der Waals surface area contributed by atoms with Crippen molar-refractivity contribution in [1.29, 1.82) is 0 Å². The standard InChI is InChI=1S/C25H27N5O6S/c1-18-8-12-21(13-9-18)27-28-24(23(26)29-32)37(33,34)30(16-19-10-14-22(35-2)15-11-19)25(31)36-17-20-6-4-3-5-7-20/h3-15,27,32H,16-17H2,1-2H3,(H2,26,29). The summed E-state index contributed by atoms with van der Waals surface area (Å²) in [5.41, 5.74) is 10.8. The molecule has 0 aliphatic rings. The smallest absolute Gasteiger partial charge is 0.424 e. The molecule has 11 nitrogen and oxygen atoms in total. The zero-order valence-electron chi connectivity index (χ0n) is 20.2. The van der Waals surface area contributed by atoms with Gasteiger partial charge in [0.1, 0.15) is 12.4 Å². The number of rotatable bonds is 7. The van der Waals surface area contributed by atoms with E-state index in [1.165, 1.54) is 7.11 Å². The number of hydrogen-bond acceptors (Lipinski definition) is 9. The Kier molecular flexibility index (Phi) is 9.05. The monoisotopic (exact) mass is 525 g/mol. The molecule has 3 aromatic rings. The minimum atomic E-state index is -4.77. The summed E-state index contributed by atoms with van der Waals surface area (Å²) >= 11 is 0. The molecule has 0 saturated carbocycles. The zero-order valence-corrected chi connectivity index (χ0v) is 21.1. The summed E-state index contributed by atoms with van der Waals surface area (Å²) in [5, 5.41) is 15.0. The Morgan fingerprint density at radius 2 is 1.65 bits per heavy atom. The number of hydrazone groups is 1. The molecule has 0 unspecified atom stereocenters. The number of nitrogens with zero attached hydrogens (tertiary/aromatic N) is 3. The second-order valence-corrected chi connectivity index (χ2v) is 9.56. The molecule has 0 aromatic heterocycles. The number of aryl methyl sites for hydroxylation is 1. The van der Waals surface area contributed by atoms with Gasteiger partial charge in [0.2, 0.25) is 10.9 Å². The number of benzene rings is 3. The topological polar surface area (TPSA) is 156 Å². The highest BCUT2D eigenvalue weighted by molar-refractivity contribution is 8.06. The van der Waals surface area contributed by atoms with Crippen molar-refractivity contribution in [2.75, 3.05) is 12.5 Å². The fraction of sp³-hybridized carbons (Fsp3) is 0.160. The highest BCUT2D eigenvalue weighted by Gasteiger charge is 2.37. The molecule has 4 N–H and O–H groups in total. The first-order chi connectivity index (χ1) is 17.7. The molecule has 194 valence electrons. The highest BCUT2D eigenvalue weighted by Crippen LogP contribution is 2.18. The van der Waals surface area contributed by atoms with Gasteiger partial charge in [-0.1, -0.05) is 65.3 Å². The van der Waals surface area contributed by atoms with Gasteiger partial charge in [0.15, 0.2) is 0 Å². The van der Waals surface area contributed by atoms with Gasteiger partial charge in [-0.25, -0.2) is 4.79 Å². The van der Waals surface area contributed by atoms with Crippen LogP contribution in [0, 0.1) is 6.92 Å². The molecule has 0 aliphatic carbocycles. The number of ether oxygens (including phenoxy) is 2. The Labute approximate surface area is 214 Å². The first kappa shape index (κ1) is 27.0. The molecule has 1 amide bonds. The second kappa shape index (κ2) is 12.4. The number of oxime groups is 1. The number of carbonyl (C=O) groups excluding carboxylic acids is 1. The Balaban J connectivity index is 1.97. The molecule has 37 heavy (non-hydrogen) atoms. The van der Waals surface area contributed by atoms with E-state index in [4.69, 9.17) is 15.2 Å². The van der Waals surface area contributed by atoms with Gasteiger partial charge in [-0.2, -0.15) is 17.8 Å². The minimum absolute atomic E-state index is 0.175. The fourth-order valence-electron chi connectivity index (χ4n) is 3.07. The lowest BCUT2D eigenvalue weighted by atomic mass is 10.2. The molecule has 0 radical (unpaired) electrons. The second-order valence-electron chi connectivity index (χ2n) is 7.78. The van der Waals surface area contributed by atoms with Gasteiger partial charge < -0.3 is 20.4 Å². The lowest BCUT2D eigenvalue weighted by molar-refractivity contribution is 0.118. The summed E-state index contributed by atoms with van der Waals surface area (Å²) < 4.78 is 38.2. The highest BCUT2D eigenvalue weighted by atomic mass is 32.2. The number of carbonyl (C=O) groups is 1. The van der Waals surface area contributed by atoms with E-state index in [9.17, 15) is 18.4 Å². The van der Waals surface area contributed by atoms with Gasteiger partial charge in [0.25, 0.3) is 10.0 Å². The van der Waals surface area contributed by atoms with Crippen molar-refractivity contribution in [3.05, 3.63) is 95.6 Å². The van der Waals surface area contributed by atoms with E-state index in [-0.39, 0.29) is 6.61 Å². The lowest BCUT2D eigenvalue weighted by Crippen LogP contribution is -2.45. The number of nitrogens with two attached hydrogens (primary N) is 1. The van der Waals surface area contributed by atoms with Crippen molar-refractivity contribution < 1.29 is 27.9 Å². The van der Waals surface area contributed by atoms with Crippen LogP contribution in [0.3, 0.4) is 0 Å². The van der Waals surface area contributed by atoms with E-state index >= 15 is 0 Å². The summed E-state index contributed by atoms with van der Waals surface area (Å²) in [6, 6.07) is 22.1. The normalized spacial score (nSPS) is 12.1. The van der Waals surface area contributed by atoms with Gasteiger partial charge in [0.05, 0.1) is 19.3 Å². The minimum Gasteiger partial charge on any atom is -0.497 e. The Morgan fingerprint density at radius 1 is 1.00 bits per heavy atom. The van der Waals surface area contributed by atoms with Crippen molar-refractivity contribution in [3.8, 4) is 5.75 Å². The Hall–Kier alpha value is -4.58. The van der Waals surface area contributed by atoms with Crippen LogP contribution in [-0.2, 0) is 27.9 Å². The van der Waals surface area contributed by atoms with Crippen LogP contribution in [-0.4, -0.2) is 42.0 Å². The number of anilines is 1. The number of methoxy groups -OCH3 is 1. The molecule has 0 atom stereocenters. The first-order valence-electron chi connectivity index (χ1n) is 11.0. The zero-order chi connectivity index (χ0) is 26.8. The first-order valence-corrected chi connectivity index (χ1v) is 12.4. The summed E-state index contributed by atoms with van der Waals surface area (Å²) in [7, 11) is -3.28. The van der Waals surface area contributed by atoms with Crippen molar-refractivity contribution >= 4 is 32.7 Å². The average Bonchev–Trinajstić information content (AvgIpc) is 2.92. The van der Waals surface area contributed by atoms with E-state index in [1.807, 2.05) is 6.92 Å². The molecule has 0 saturated heterocycles. The van der Waals surface area contributed by atoms with Gasteiger partial charge in [0, 0.05) is 0 Å². The Bertz CT molecular complexity index is 1360. The van der Waals surface area contributed by atoms with Crippen LogP contribution in [0.15, 0.2) is 89.1 Å². The predicted octanol–water partition coefficient (Wildman–Crippen LogP) is 3.64. The molecule has 0 fully saturated rings. The number of sulfonamides is 1. The van der Waals surface area contributed by atoms with E-state index in [0.717, 1.165) is 5.56 Å². The molecule has 0 spiro atoms. The number of amidine groups is 1. The van der Waals surface area contributed by atoms with Crippen molar-refractivity contribution in [2.24, 2.45) is 16.0 Å². The maximum absolute atomic E-state index is 13.6. The maximum Gasteiger partial charge on any atom is 0.424 e. The summed E-state index contributed by atoms with van der Waals surface area (Å²) in [6.45, 7) is 1.30. The third kappa shape index (κ3) is 7.21. The Morgan fingerprint density at radius 3 is 2.24 bits per heavy atom. The van der Waals surface area contributed by atoms with Crippen molar-refractivity contribution in [3.63, 3.8) is 0 Å². The molecule has 0 heterocycles.